The lowest BCUT2D eigenvalue weighted by atomic mass is 9.88. The highest BCUT2D eigenvalue weighted by molar-refractivity contribution is 6.18. The number of nitrogens with one attached hydrogen (secondary N) is 1. The number of alkyl halides is 1. The number of hydrogen-bond acceptors (Lipinski definition) is 3. The molecule has 1 heterocycles. The number of nitrogens with zero attached hydrogens (tertiary/aromatic N) is 2. The smallest absolute Gasteiger partial charge is 0.223 e. The van der Waals surface area contributed by atoms with E-state index in [4.69, 9.17) is 11.6 Å². The van der Waals surface area contributed by atoms with Gasteiger partial charge in [-0.15, -0.1) is 11.6 Å². The van der Waals surface area contributed by atoms with E-state index in [0.29, 0.717) is 11.8 Å². The fraction of sp³-hybridized carbons (Fsp3) is 0.600. The Morgan fingerprint density at radius 2 is 1.93 bits per heavy atom. The Bertz CT molecular complexity index is 307. The van der Waals surface area contributed by atoms with E-state index in [1.54, 1.807) is 0 Å². The zero-order valence-electron chi connectivity index (χ0n) is 9.09. The van der Waals surface area contributed by atoms with Gasteiger partial charge in [-0.3, -0.25) is 0 Å². The van der Waals surface area contributed by atoms with Crippen molar-refractivity contribution in [3.05, 3.63) is 18.2 Å². The Balaban J connectivity index is 2.71. The SMILES string of the molecule is CC(C)(C)C(CCl)Nc1ncc(F)cn1. The number of halogens is 2. The fourth-order valence-electron chi connectivity index (χ4n) is 1.03. The molecule has 0 saturated heterocycles. The first-order valence-electron chi connectivity index (χ1n) is 4.73. The minimum absolute atomic E-state index is 0.000500. The van der Waals surface area contributed by atoms with Crippen molar-refractivity contribution in [3.63, 3.8) is 0 Å². The Hall–Kier alpha value is -0.900. The highest BCUT2D eigenvalue weighted by Gasteiger charge is 2.24. The zero-order valence-corrected chi connectivity index (χ0v) is 9.85. The molecule has 0 aliphatic heterocycles. The molecule has 1 atom stereocenters. The molecule has 0 fully saturated rings. The van der Waals surface area contributed by atoms with E-state index < -0.39 is 5.82 Å². The highest BCUT2D eigenvalue weighted by atomic mass is 35.5. The van der Waals surface area contributed by atoms with Crippen molar-refractivity contribution in [1.82, 2.24) is 9.97 Å². The van der Waals surface area contributed by atoms with Crippen LogP contribution in [0.3, 0.4) is 0 Å². The first-order chi connectivity index (χ1) is 6.93. The normalized spacial score (nSPS) is 13.7. The lowest BCUT2D eigenvalue weighted by Gasteiger charge is -2.29. The molecule has 1 aromatic rings. The van der Waals surface area contributed by atoms with Gasteiger partial charge in [0.2, 0.25) is 5.95 Å². The van der Waals surface area contributed by atoms with E-state index in [9.17, 15) is 4.39 Å². The summed E-state index contributed by atoms with van der Waals surface area (Å²) in [5.74, 6) is 0.403. The summed E-state index contributed by atoms with van der Waals surface area (Å²) in [6.07, 6.45) is 2.26. The van der Waals surface area contributed by atoms with E-state index >= 15 is 0 Å². The minimum atomic E-state index is -0.446. The molecule has 1 N–H and O–H groups in total. The molecular formula is C10H15ClFN3. The Kier molecular flexibility index (Phi) is 3.85. The maximum Gasteiger partial charge on any atom is 0.223 e. The molecule has 0 radical (unpaired) electrons. The fourth-order valence-corrected chi connectivity index (χ4v) is 1.57. The van der Waals surface area contributed by atoms with Crippen LogP contribution in [0.5, 0.6) is 0 Å². The molecule has 15 heavy (non-hydrogen) atoms. The summed E-state index contributed by atoms with van der Waals surface area (Å²) in [5, 5.41) is 3.08. The average Bonchev–Trinajstić information content (AvgIpc) is 2.15. The van der Waals surface area contributed by atoms with Crippen LogP contribution in [-0.4, -0.2) is 21.9 Å². The van der Waals surface area contributed by atoms with E-state index in [1.807, 2.05) is 0 Å². The van der Waals surface area contributed by atoms with Crippen LogP contribution in [0, 0.1) is 11.2 Å². The van der Waals surface area contributed by atoms with Crippen molar-refractivity contribution in [2.45, 2.75) is 26.8 Å². The molecule has 0 aliphatic carbocycles. The van der Waals surface area contributed by atoms with Crippen molar-refractivity contribution in [1.29, 1.82) is 0 Å². The van der Waals surface area contributed by atoms with Gasteiger partial charge in [-0.25, -0.2) is 14.4 Å². The van der Waals surface area contributed by atoms with Gasteiger partial charge in [0.25, 0.3) is 0 Å². The molecule has 1 aromatic heterocycles. The molecule has 0 saturated carbocycles. The third-order valence-electron chi connectivity index (χ3n) is 2.12. The van der Waals surface area contributed by atoms with E-state index in [0.717, 1.165) is 12.4 Å². The number of aromatic nitrogens is 2. The third kappa shape index (κ3) is 3.63. The molecule has 0 amide bonds. The van der Waals surface area contributed by atoms with Gasteiger partial charge in [0, 0.05) is 11.9 Å². The van der Waals surface area contributed by atoms with Crippen LogP contribution >= 0.6 is 11.6 Å². The van der Waals surface area contributed by atoms with Crippen molar-refractivity contribution in [2.75, 3.05) is 11.2 Å². The van der Waals surface area contributed by atoms with Gasteiger partial charge in [-0.05, 0) is 5.41 Å². The zero-order chi connectivity index (χ0) is 11.5. The topological polar surface area (TPSA) is 37.8 Å². The summed E-state index contributed by atoms with van der Waals surface area (Å²) in [6, 6.07) is 0.0460. The summed E-state index contributed by atoms with van der Waals surface area (Å²) >= 11 is 5.84. The van der Waals surface area contributed by atoms with Gasteiger partial charge in [0.15, 0.2) is 5.82 Å². The van der Waals surface area contributed by atoms with Crippen LogP contribution in [-0.2, 0) is 0 Å². The second kappa shape index (κ2) is 4.75. The molecule has 0 aliphatic rings. The molecule has 84 valence electrons. The predicted octanol–water partition coefficient (Wildman–Crippen LogP) is 2.68. The van der Waals surface area contributed by atoms with Gasteiger partial charge < -0.3 is 5.32 Å². The Labute approximate surface area is 94.1 Å². The first kappa shape index (κ1) is 12.2. The largest absolute Gasteiger partial charge is 0.350 e. The summed E-state index contributed by atoms with van der Waals surface area (Å²) in [5.41, 5.74) is -0.000500. The van der Waals surface area contributed by atoms with Crippen LogP contribution in [0.2, 0.25) is 0 Å². The Morgan fingerprint density at radius 3 is 2.33 bits per heavy atom. The van der Waals surface area contributed by atoms with Crippen molar-refractivity contribution >= 4 is 17.5 Å². The lowest BCUT2D eigenvalue weighted by Crippen LogP contribution is -2.36. The molecule has 0 aromatic carbocycles. The summed E-state index contributed by atoms with van der Waals surface area (Å²) < 4.78 is 12.6. The van der Waals surface area contributed by atoms with E-state index in [2.05, 4.69) is 36.1 Å². The van der Waals surface area contributed by atoms with E-state index in [1.165, 1.54) is 0 Å². The van der Waals surface area contributed by atoms with Gasteiger partial charge in [-0.1, -0.05) is 20.8 Å². The summed E-state index contributed by atoms with van der Waals surface area (Å²) in [7, 11) is 0. The molecular weight excluding hydrogens is 217 g/mol. The monoisotopic (exact) mass is 231 g/mol. The third-order valence-corrected chi connectivity index (χ3v) is 2.43. The lowest BCUT2D eigenvalue weighted by molar-refractivity contribution is 0.361. The molecule has 0 bridgehead atoms. The molecule has 5 heteroatoms. The number of anilines is 1. The van der Waals surface area contributed by atoms with Crippen molar-refractivity contribution < 1.29 is 4.39 Å². The van der Waals surface area contributed by atoms with Crippen LogP contribution in [0.15, 0.2) is 12.4 Å². The maximum absolute atomic E-state index is 12.6. The average molecular weight is 232 g/mol. The summed E-state index contributed by atoms with van der Waals surface area (Å²) in [6.45, 7) is 6.20. The standard InChI is InChI=1S/C10H15ClFN3/c1-10(2,3)8(4-11)15-9-13-5-7(12)6-14-9/h5-6,8H,4H2,1-3H3,(H,13,14,15). The van der Waals surface area contributed by atoms with Gasteiger partial charge in [0.1, 0.15) is 0 Å². The number of rotatable bonds is 3. The molecule has 0 spiro atoms. The van der Waals surface area contributed by atoms with Crippen molar-refractivity contribution in [2.24, 2.45) is 5.41 Å². The summed E-state index contributed by atoms with van der Waals surface area (Å²) in [4.78, 5) is 7.65. The Morgan fingerprint density at radius 1 is 1.40 bits per heavy atom. The second-order valence-electron chi connectivity index (χ2n) is 4.44. The van der Waals surface area contributed by atoms with Crippen molar-refractivity contribution in [3.8, 4) is 0 Å². The minimum Gasteiger partial charge on any atom is -0.350 e. The predicted molar refractivity (Wildman–Crippen MR) is 59.6 cm³/mol. The number of hydrogen-bond donors (Lipinski definition) is 1. The van der Waals surface area contributed by atoms with Crippen LogP contribution in [0.25, 0.3) is 0 Å². The highest BCUT2D eigenvalue weighted by Crippen LogP contribution is 2.22. The molecule has 1 unspecified atom stereocenters. The van der Waals surface area contributed by atoms with Crippen LogP contribution in [0.1, 0.15) is 20.8 Å². The molecule has 1 rings (SSSR count). The second-order valence-corrected chi connectivity index (χ2v) is 4.75. The maximum atomic E-state index is 12.6. The van der Waals surface area contributed by atoms with Crippen LogP contribution < -0.4 is 5.32 Å². The van der Waals surface area contributed by atoms with E-state index in [-0.39, 0.29) is 11.5 Å². The molecule has 3 nitrogen and oxygen atoms in total. The van der Waals surface area contributed by atoms with Gasteiger partial charge in [-0.2, -0.15) is 0 Å². The van der Waals surface area contributed by atoms with Gasteiger partial charge >= 0.3 is 0 Å². The van der Waals surface area contributed by atoms with Gasteiger partial charge in [0.05, 0.1) is 12.4 Å². The van der Waals surface area contributed by atoms with Crippen LogP contribution in [0.4, 0.5) is 10.3 Å². The first-order valence-corrected chi connectivity index (χ1v) is 5.27. The quantitative estimate of drug-likeness (QED) is 0.813.